The normalized spacial score (nSPS) is 13.0. The first-order chi connectivity index (χ1) is 10.1. The lowest BCUT2D eigenvalue weighted by molar-refractivity contribution is 0.335. The highest BCUT2D eigenvalue weighted by atomic mass is 16.5. The van der Waals surface area contributed by atoms with E-state index in [-0.39, 0.29) is 6.04 Å². The van der Waals surface area contributed by atoms with Gasteiger partial charge in [0.25, 0.3) is 0 Å². The number of fused-ring (bicyclic) bond motifs is 1. The van der Waals surface area contributed by atoms with Gasteiger partial charge in [-0.25, -0.2) is 0 Å². The molecule has 3 rings (SSSR count). The Morgan fingerprint density at radius 1 is 1.10 bits per heavy atom. The van der Waals surface area contributed by atoms with Gasteiger partial charge in [0.15, 0.2) is 0 Å². The molecule has 2 N–H and O–H groups in total. The fourth-order valence-corrected chi connectivity index (χ4v) is 2.52. The van der Waals surface area contributed by atoms with Crippen molar-refractivity contribution in [3.8, 4) is 11.4 Å². The van der Waals surface area contributed by atoms with Crippen LogP contribution in [-0.4, -0.2) is 10.1 Å². The molecular formula is C17H19N3O. The van der Waals surface area contributed by atoms with E-state index in [0.717, 1.165) is 22.8 Å². The smallest absolute Gasteiger partial charge is 0.243 e. The van der Waals surface area contributed by atoms with E-state index < -0.39 is 0 Å². The fourth-order valence-electron chi connectivity index (χ4n) is 2.52. The molecule has 2 aromatic carbocycles. The summed E-state index contributed by atoms with van der Waals surface area (Å²) in [6.45, 7) is 4.25. The van der Waals surface area contributed by atoms with E-state index in [9.17, 15) is 0 Å². The van der Waals surface area contributed by atoms with Crippen molar-refractivity contribution in [2.24, 2.45) is 11.7 Å². The standard InChI is InChI=1S/C17H19N3O/c1-11(2)10-15(18)17-19-16(20-21-17)14-9-5-7-12-6-3-4-8-13(12)14/h3-9,11,15H,10,18H2,1-2H3/t15-/m0/s1. The zero-order chi connectivity index (χ0) is 14.8. The summed E-state index contributed by atoms with van der Waals surface area (Å²) in [7, 11) is 0. The number of hydrogen-bond donors (Lipinski definition) is 1. The molecular weight excluding hydrogens is 262 g/mol. The van der Waals surface area contributed by atoms with Crippen LogP contribution in [0.1, 0.15) is 32.2 Å². The van der Waals surface area contributed by atoms with Crippen molar-refractivity contribution >= 4 is 10.8 Å². The van der Waals surface area contributed by atoms with Crippen LogP contribution in [-0.2, 0) is 0 Å². The maximum absolute atomic E-state index is 6.10. The van der Waals surface area contributed by atoms with Gasteiger partial charge >= 0.3 is 0 Å². The summed E-state index contributed by atoms with van der Waals surface area (Å²) in [5.74, 6) is 1.60. The van der Waals surface area contributed by atoms with E-state index in [4.69, 9.17) is 10.3 Å². The number of aromatic nitrogens is 2. The van der Waals surface area contributed by atoms with Crippen molar-refractivity contribution in [2.45, 2.75) is 26.3 Å². The molecule has 0 radical (unpaired) electrons. The fraction of sp³-hybridized carbons (Fsp3) is 0.294. The second-order valence-corrected chi connectivity index (χ2v) is 5.72. The van der Waals surface area contributed by atoms with Gasteiger partial charge in [0.2, 0.25) is 11.7 Å². The van der Waals surface area contributed by atoms with Crippen LogP contribution in [0.25, 0.3) is 22.2 Å². The van der Waals surface area contributed by atoms with E-state index in [1.54, 1.807) is 0 Å². The van der Waals surface area contributed by atoms with Gasteiger partial charge in [0.1, 0.15) is 0 Å². The van der Waals surface area contributed by atoms with Gasteiger partial charge in [-0.05, 0) is 23.1 Å². The van der Waals surface area contributed by atoms with Crippen LogP contribution >= 0.6 is 0 Å². The average Bonchev–Trinajstić information content (AvgIpc) is 2.95. The molecule has 0 aliphatic carbocycles. The third-order valence-corrected chi connectivity index (χ3v) is 3.51. The SMILES string of the molecule is CC(C)C[C@H](N)c1nc(-c2cccc3ccccc23)no1. The van der Waals surface area contributed by atoms with E-state index in [1.165, 1.54) is 0 Å². The number of hydrogen-bond acceptors (Lipinski definition) is 4. The minimum Gasteiger partial charge on any atom is -0.337 e. The Kier molecular flexibility index (Phi) is 3.71. The molecule has 1 aromatic heterocycles. The lowest BCUT2D eigenvalue weighted by Gasteiger charge is -2.08. The summed E-state index contributed by atoms with van der Waals surface area (Å²) in [4.78, 5) is 4.48. The topological polar surface area (TPSA) is 64.9 Å². The summed E-state index contributed by atoms with van der Waals surface area (Å²) in [6, 6.07) is 14.0. The van der Waals surface area contributed by atoms with Gasteiger partial charge in [-0.3, -0.25) is 0 Å². The highest BCUT2D eigenvalue weighted by Crippen LogP contribution is 2.27. The van der Waals surface area contributed by atoms with E-state index in [2.05, 4.69) is 42.2 Å². The predicted octanol–water partition coefficient (Wildman–Crippen LogP) is 3.94. The molecule has 0 unspecified atom stereocenters. The van der Waals surface area contributed by atoms with Gasteiger partial charge in [0, 0.05) is 5.56 Å². The molecule has 21 heavy (non-hydrogen) atoms. The van der Waals surface area contributed by atoms with Crippen molar-refractivity contribution in [3.05, 3.63) is 48.4 Å². The van der Waals surface area contributed by atoms with Crippen LogP contribution in [0.15, 0.2) is 47.0 Å². The Hall–Kier alpha value is -2.20. The maximum Gasteiger partial charge on any atom is 0.243 e. The lowest BCUT2D eigenvalue weighted by Crippen LogP contribution is -2.13. The van der Waals surface area contributed by atoms with Crippen molar-refractivity contribution < 1.29 is 4.52 Å². The zero-order valence-corrected chi connectivity index (χ0v) is 12.3. The quantitative estimate of drug-likeness (QED) is 0.786. The lowest BCUT2D eigenvalue weighted by atomic mass is 10.0. The first-order valence-electron chi connectivity index (χ1n) is 7.22. The predicted molar refractivity (Wildman–Crippen MR) is 83.6 cm³/mol. The molecule has 108 valence electrons. The molecule has 0 amide bonds. The second kappa shape index (κ2) is 5.66. The molecule has 0 aliphatic rings. The van der Waals surface area contributed by atoms with E-state index in [0.29, 0.717) is 17.6 Å². The molecule has 0 bridgehead atoms. The number of nitrogens with two attached hydrogens (primary N) is 1. The molecule has 0 aliphatic heterocycles. The minimum atomic E-state index is -0.207. The molecule has 1 heterocycles. The van der Waals surface area contributed by atoms with Crippen molar-refractivity contribution in [1.29, 1.82) is 0 Å². The Balaban J connectivity index is 1.99. The van der Waals surface area contributed by atoms with Crippen LogP contribution in [0, 0.1) is 5.92 Å². The van der Waals surface area contributed by atoms with Gasteiger partial charge in [-0.1, -0.05) is 61.5 Å². The van der Waals surface area contributed by atoms with Crippen molar-refractivity contribution in [1.82, 2.24) is 10.1 Å². The summed E-state index contributed by atoms with van der Waals surface area (Å²) >= 11 is 0. The molecule has 3 aromatic rings. The minimum absolute atomic E-state index is 0.207. The zero-order valence-electron chi connectivity index (χ0n) is 12.3. The van der Waals surface area contributed by atoms with Gasteiger partial charge < -0.3 is 10.3 Å². The Labute approximate surface area is 124 Å². The van der Waals surface area contributed by atoms with Gasteiger partial charge in [-0.15, -0.1) is 0 Å². The van der Waals surface area contributed by atoms with Gasteiger partial charge in [0.05, 0.1) is 6.04 Å². The van der Waals surface area contributed by atoms with E-state index >= 15 is 0 Å². The van der Waals surface area contributed by atoms with Crippen molar-refractivity contribution in [2.75, 3.05) is 0 Å². The Bertz CT molecular complexity index is 743. The van der Waals surface area contributed by atoms with Crippen LogP contribution in [0.2, 0.25) is 0 Å². The molecule has 4 nitrogen and oxygen atoms in total. The van der Waals surface area contributed by atoms with Crippen LogP contribution in [0.4, 0.5) is 0 Å². The average molecular weight is 281 g/mol. The number of benzene rings is 2. The first kappa shape index (κ1) is 13.8. The highest BCUT2D eigenvalue weighted by molar-refractivity contribution is 5.94. The largest absolute Gasteiger partial charge is 0.337 e. The number of nitrogens with zero attached hydrogens (tertiary/aromatic N) is 2. The van der Waals surface area contributed by atoms with Crippen LogP contribution in [0.5, 0.6) is 0 Å². The first-order valence-corrected chi connectivity index (χ1v) is 7.22. The monoisotopic (exact) mass is 281 g/mol. The second-order valence-electron chi connectivity index (χ2n) is 5.72. The van der Waals surface area contributed by atoms with E-state index in [1.807, 2.05) is 24.3 Å². The summed E-state index contributed by atoms with van der Waals surface area (Å²) in [5, 5.41) is 6.37. The third-order valence-electron chi connectivity index (χ3n) is 3.51. The molecule has 0 saturated heterocycles. The van der Waals surface area contributed by atoms with Crippen LogP contribution in [0.3, 0.4) is 0 Å². The van der Waals surface area contributed by atoms with Crippen LogP contribution < -0.4 is 5.73 Å². The molecule has 4 heteroatoms. The summed E-state index contributed by atoms with van der Waals surface area (Å²) in [6.07, 6.45) is 0.831. The highest BCUT2D eigenvalue weighted by Gasteiger charge is 2.17. The third kappa shape index (κ3) is 2.81. The summed E-state index contributed by atoms with van der Waals surface area (Å²) in [5.41, 5.74) is 7.08. The Morgan fingerprint density at radius 2 is 1.86 bits per heavy atom. The Morgan fingerprint density at radius 3 is 2.67 bits per heavy atom. The van der Waals surface area contributed by atoms with Gasteiger partial charge in [-0.2, -0.15) is 4.98 Å². The molecule has 0 saturated carbocycles. The molecule has 0 spiro atoms. The number of rotatable bonds is 4. The molecule has 1 atom stereocenters. The van der Waals surface area contributed by atoms with Crippen molar-refractivity contribution in [3.63, 3.8) is 0 Å². The molecule has 0 fully saturated rings. The summed E-state index contributed by atoms with van der Waals surface area (Å²) < 4.78 is 5.34. The maximum atomic E-state index is 6.10.